The molecule has 0 saturated heterocycles. The number of benzene rings is 2. The second-order valence-corrected chi connectivity index (χ2v) is 5.33. The summed E-state index contributed by atoms with van der Waals surface area (Å²) in [5.41, 5.74) is 1.51. The SMILES string of the molecule is CC(c1ccc(F)c(F)c1)N(C)C(=O)COCc1ccccc1. The Morgan fingerprint density at radius 1 is 1.13 bits per heavy atom. The van der Waals surface area contributed by atoms with E-state index < -0.39 is 11.6 Å². The molecule has 2 rings (SSSR count). The van der Waals surface area contributed by atoms with E-state index in [1.165, 1.54) is 11.0 Å². The molecule has 0 N–H and O–H groups in total. The van der Waals surface area contributed by atoms with Crippen LogP contribution in [0, 0.1) is 11.6 Å². The van der Waals surface area contributed by atoms with Gasteiger partial charge in [-0.05, 0) is 30.2 Å². The summed E-state index contributed by atoms with van der Waals surface area (Å²) in [4.78, 5) is 13.6. The summed E-state index contributed by atoms with van der Waals surface area (Å²) in [6.07, 6.45) is 0. The highest BCUT2D eigenvalue weighted by Gasteiger charge is 2.18. The van der Waals surface area contributed by atoms with Crippen molar-refractivity contribution >= 4 is 5.91 Å². The predicted molar refractivity (Wildman–Crippen MR) is 83.6 cm³/mol. The Bertz CT molecular complexity index is 661. The zero-order valence-corrected chi connectivity index (χ0v) is 13.1. The average molecular weight is 319 g/mol. The number of hydrogen-bond acceptors (Lipinski definition) is 2. The standard InChI is InChI=1S/C18H19F2NO2/c1-13(15-8-9-16(19)17(20)10-15)21(2)18(22)12-23-11-14-6-4-3-5-7-14/h3-10,13H,11-12H2,1-2H3. The van der Waals surface area contributed by atoms with Crippen LogP contribution in [-0.4, -0.2) is 24.5 Å². The first-order valence-corrected chi connectivity index (χ1v) is 7.31. The third-order valence-electron chi connectivity index (χ3n) is 3.74. The highest BCUT2D eigenvalue weighted by atomic mass is 19.2. The summed E-state index contributed by atoms with van der Waals surface area (Å²) >= 11 is 0. The summed E-state index contributed by atoms with van der Waals surface area (Å²) in [6.45, 7) is 2.03. The van der Waals surface area contributed by atoms with Gasteiger partial charge in [0.05, 0.1) is 12.6 Å². The van der Waals surface area contributed by atoms with E-state index in [1.54, 1.807) is 14.0 Å². The van der Waals surface area contributed by atoms with Gasteiger partial charge in [0, 0.05) is 7.05 Å². The maximum Gasteiger partial charge on any atom is 0.248 e. The lowest BCUT2D eigenvalue weighted by atomic mass is 10.1. The zero-order chi connectivity index (χ0) is 16.8. The van der Waals surface area contributed by atoms with Crippen molar-refractivity contribution in [1.82, 2.24) is 4.90 Å². The van der Waals surface area contributed by atoms with Crippen LogP contribution in [-0.2, 0) is 16.1 Å². The van der Waals surface area contributed by atoms with E-state index in [-0.39, 0.29) is 18.6 Å². The van der Waals surface area contributed by atoms with Gasteiger partial charge in [-0.1, -0.05) is 36.4 Å². The van der Waals surface area contributed by atoms with Gasteiger partial charge in [-0.2, -0.15) is 0 Å². The molecule has 23 heavy (non-hydrogen) atoms. The van der Waals surface area contributed by atoms with Crippen molar-refractivity contribution in [1.29, 1.82) is 0 Å². The topological polar surface area (TPSA) is 29.5 Å². The second-order valence-electron chi connectivity index (χ2n) is 5.33. The summed E-state index contributed by atoms with van der Waals surface area (Å²) in [5, 5.41) is 0. The monoisotopic (exact) mass is 319 g/mol. The fourth-order valence-corrected chi connectivity index (χ4v) is 2.14. The maximum atomic E-state index is 13.3. The number of nitrogens with zero attached hydrogens (tertiary/aromatic N) is 1. The molecule has 2 aromatic rings. The molecule has 0 aromatic heterocycles. The summed E-state index contributed by atoms with van der Waals surface area (Å²) in [7, 11) is 1.61. The number of carbonyl (C=O) groups is 1. The van der Waals surface area contributed by atoms with Gasteiger partial charge in [0.25, 0.3) is 0 Å². The molecule has 5 heteroatoms. The van der Waals surface area contributed by atoms with Crippen molar-refractivity contribution < 1.29 is 18.3 Å². The van der Waals surface area contributed by atoms with E-state index in [9.17, 15) is 13.6 Å². The van der Waals surface area contributed by atoms with Gasteiger partial charge in [-0.15, -0.1) is 0 Å². The van der Waals surface area contributed by atoms with E-state index in [1.807, 2.05) is 30.3 Å². The van der Waals surface area contributed by atoms with Crippen molar-refractivity contribution in [3.63, 3.8) is 0 Å². The first-order chi connectivity index (χ1) is 11.0. The lowest BCUT2D eigenvalue weighted by molar-refractivity contribution is -0.137. The van der Waals surface area contributed by atoms with Crippen LogP contribution in [0.3, 0.4) is 0 Å². The molecule has 1 amide bonds. The van der Waals surface area contributed by atoms with Gasteiger partial charge in [0.15, 0.2) is 11.6 Å². The van der Waals surface area contributed by atoms with Crippen LogP contribution in [0.1, 0.15) is 24.1 Å². The fraction of sp³-hybridized carbons (Fsp3) is 0.278. The fourth-order valence-electron chi connectivity index (χ4n) is 2.14. The number of hydrogen-bond donors (Lipinski definition) is 0. The molecule has 0 radical (unpaired) electrons. The molecule has 0 heterocycles. The van der Waals surface area contributed by atoms with Crippen molar-refractivity contribution in [2.45, 2.75) is 19.6 Å². The first kappa shape index (κ1) is 17.1. The molecule has 0 spiro atoms. The number of ether oxygens (including phenoxy) is 1. The summed E-state index contributed by atoms with van der Waals surface area (Å²) in [5.74, 6) is -2.05. The highest BCUT2D eigenvalue weighted by Crippen LogP contribution is 2.21. The van der Waals surface area contributed by atoms with Crippen LogP contribution in [0.4, 0.5) is 8.78 Å². The minimum atomic E-state index is -0.921. The molecule has 0 bridgehead atoms. The Kier molecular flexibility index (Phi) is 5.82. The van der Waals surface area contributed by atoms with Crippen LogP contribution in [0.5, 0.6) is 0 Å². The number of likely N-dealkylation sites (N-methyl/N-ethyl adjacent to an activating group) is 1. The van der Waals surface area contributed by atoms with Crippen LogP contribution in [0.2, 0.25) is 0 Å². The molecular weight excluding hydrogens is 300 g/mol. The Labute approximate surface area is 134 Å². The van der Waals surface area contributed by atoms with Crippen LogP contribution < -0.4 is 0 Å². The van der Waals surface area contributed by atoms with Crippen LogP contribution in [0.25, 0.3) is 0 Å². The Hall–Kier alpha value is -2.27. The average Bonchev–Trinajstić information content (AvgIpc) is 2.57. The van der Waals surface area contributed by atoms with Gasteiger partial charge >= 0.3 is 0 Å². The Balaban J connectivity index is 1.89. The third kappa shape index (κ3) is 4.60. The van der Waals surface area contributed by atoms with Crippen molar-refractivity contribution in [3.05, 3.63) is 71.3 Å². The highest BCUT2D eigenvalue weighted by molar-refractivity contribution is 5.77. The zero-order valence-electron chi connectivity index (χ0n) is 13.1. The number of rotatable bonds is 6. The van der Waals surface area contributed by atoms with E-state index >= 15 is 0 Å². The smallest absolute Gasteiger partial charge is 0.248 e. The molecule has 0 saturated carbocycles. The van der Waals surface area contributed by atoms with Crippen molar-refractivity contribution in [2.24, 2.45) is 0 Å². The number of halogens is 2. The van der Waals surface area contributed by atoms with E-state index in [2.05, 4.69) is 0 Å². The molecular formula is C18H19F2NO2. The van der Waals surface area contributed by atoms with Crippen molar-refractivity contribution in [2.75, 3.05) is 13.7 Å². The Morgan fingerprint density at radius 3 is 2.48 bits per heavy atom. The molecule has 0 aliphatic heterocycles. The minimum Gasteiger partial charge on any atom is -0.367 e. The molecule has 0 aliphatic rings. The third-order valence-corrected chi connectivity index (χ3v) is 3.74. The van der Waals surface area contributed by atoms with Crippen LogP contribution in [0.15, 0.2) is 48.5 Å². The number of amides is 1. The van der Waals surface area contributed by atoms with Gasteiger partial charge in [0.2, 0.25) is 5.91 Å². The lowest BCUT2D eigenvalue weighted by Crippen LogP contribution is -2.32. The second kappa shape index (κ2) is 7.83. The summed E-state index contributed by atoms with van der Waals surface area (Å²) in [6, 6.07) is 12.8. The summed E-state index contributed by atoms with van der Waals surface area (Å²) < 4.78 is 31.7. The van der Waals surface area contributed by atoms with E-state index in [0.717, 1.165) is 17.7 Å². The number of carbonyl (C=O) groups excluding carboxylic acids is 1. The Morgan fingerprint density at radius 2 is 1.83 bits per heavy atom. The molecule has 0 aliphatic carbocycles. The van der Waals surface area contributed by atoms with E-state index in [4.69, 9.17) is 4.74 Å². The maximum absolute atomic E-state index is 13.3. The first-order valence-electron chi connectivity index (χ1n) is 7.31. The van der Waals surface area contributed by atoms with Gasteiger partial charge in [0.1, 0.15) is 6.61 Å². The molecule has 1 unspecified atom stereocenters. The predicted octanol–water partition coefficient (Wildman–Crippen LogP) is 3.70. The normalized spacial score (nSPS) is 12.0. The van der Waals surface area contributed by atoms with E-state index in [0.29, 0.717) is 12.2 Å². The van der Waals surface area contributed by atoms with Gasteiger partial charge < -0.3 is 9.64 Å². The molecule has 122 valence electrons. The molecule has 1 atom stereocenters. The molecule has 0 fully saturated rings. The minimum absolute atomic E-state index is 0.0700. The molecule has 3 nitrogen and oxygen atoms in total. The molecule has 2 aromatic carbocycles. The van der Waals surface area contributed by atoms with Gasteiger partial charge in [-0.3, -0.25) is 4.79 Å². The lowest BCUT2D eigenvalue weighted by Gasteiger charge is -2.25. The largest absolute Gasteiger partial charge is 0.367 e. The quantitative estimate of drug-likeness (QED) is 0.812. The van der Waals surface area contributed by atoms with Crippen molar-refractivity contribution in [3.8, 4) is 0 Å². The van der Waals surface area contributed by atoms with Crippen LogP contribution >= 0.6 is 0 Å². The van der Waals surface area contributed by atoms with Gasteiger partial charge in [-0.25, -0.2) is 8.78 Å².